The lowest BCUT2D eigenvalue weighted by molar-refractivity contribution is 1.13. The molecule has 0 amide bonds. The molecule has 81 heavy (non-hydrogen) atoms. The minimum atomic E-state index is 1.12. The lowest BCUT2D eigenvalue weighted by atomic mass is 9.86. The van der Waals surface area contributed by atoms with Crippen molar-refractivity contribution in [1.29, 1.82) is 0 Å². The fraction of sp³-hybridized carbons (Fsp3) is 0.0513. The Morgan fingerprint density at radius 3 is 0.901 bits per heavy atom. The van der Waals surface area contributed by atoms with Gasteiger partial charge in [0.25, 0.3) is 0 Å². The first-order valence-corrected chi connectivity index (χ1v) is 28.3. The largest absolute Gasteiger partial charge is 0.309 e. The van der Waals surface area contributed by atoms with E-state index in [-0.39, 0.29) is 0 Å². The van der Waals surface area contributed by atoms with Gasteiger partial charge in [0.2, 0.25) is 0 Å². The quantitative estimate of drug-likeness (QED) is 0.141. The Morgan fingerprint density at radius 2 is 0.519 bits per heavy atom. The second kappa shape index (κ2) is 18.2. The molecule has 16 rings (SSSR count). The van der Waals surface area contributed by atoms with Crippen LogP contribution in [0.4, 0.5) is 0 Å². The van der Waals surface area contributed by atoms with Crippen LogP contribution in [0.25, 0.3) is 149 Å². The zero-order chi connectivity index (χ0) is 54.0. The summed E-state index contributed by atoms with van der Waals surface area (Å²) in [4.78, 5) is 0. The van der Waals surface area contributed by atoms with Crippen molar-refractivity contribution in [2.75, 3.05) is 0 Å². The van der Waals surface area contributed by atoms with Crippen LogP contribution < -0.4 is 0 Å². The van der Waals surface area contributed by atoms with Crippen molar-refractivity contribution in [2.24, 2.45) is 0 Å². The molecule has 0 spiro atoms. The van der Waals surface area contributed by atoms with E-state index in [0.717, 1.165) is 5.69 Å². The van der Waals surface area contributed by atoms with Crippen molar-refractivity contribution >= 4 is 87.0 Å². The second-order valence-corrected chi connectivity index (χ2v) is 22.1. The van der Waals surface area contributed by atoms with E-state index in [1.54, 1.807) is 0 Å². The minimum Gasteiger partial charge on any atom is -0.309 e. The maximum absolute atomic E-state index is 2.48. The van der Waals surface area contributed by atoms with Gasteiger partial charge < -0.3 is 13.7 Å². The van der Waals surface area contributed by atoms with Crippen molar-refractivity contribution in [2.45, 2.75) is 27.7 Å². The van der Waals surface area contributed by atoms with Crippen LogP contribution >= 0.6 is 0 Å². The highest BCUT2D eigenvalue weighted by molar-refractivity contribution is 6.22. The average Bonchev–Trinajstić information content (AvgIpc) is 3.99. The molecule has 0 atom stereocenters. The summed E-state index contributed by atoms with van der Waals surface area (Å²) in [6.45, 7) is 9.17. The van der Waals surface area contributed by atoms with Crippen LogP contribution in [0.2, 0.25) is 0 Å². The van der Waals surface area contributed by atoms with E-state index in [2.05, 4.69) is 302 Å². The summed E-state index contributed by atoms with van der Waals surface area (Å²) >= 11 is 0. The van der Waals surface area contributed by atoms with Gasteiger partial charge in [0.1, 0.15) is 0 Å². The standard InChI is InChI=1S/C78H55N3/c1-48-50(3)69(80-71-30-16-12-22-59(71)60-23-13-17-31-72(60)80)44-40-57(48)54-36-42-75-67(46-54)68-47-55(58-41-45-70(51(4)49(58)2)81-73-32-18-14-24-61(73)62-25-15-19-33-74(62)81)37-43-76(68)79(75)56-38-34-53(35-39-56)78-65-28-10-8-26-63(65)77(52-20-6-5-7-21-52)64-27-9-11-29-66(64)78/h5-47H,1-4H3. The van der Waals surface area contributed by atoms with Gasteiger partial charge in [0.15, 0.2) is 0 Å². The molecule has 3 nitrogen and oxygen atoms in total. The van der Waals surface area contributed by atoms with Gasteiger partial charge in [-0.15, -0.1) is 0 Å². The third-order valence-electron chi connectivity index (χ3n) is 18.0. The molecule has 0 saturated heterocycles. The predicted octanol–water partition coefficient (Wildman–Crippen LogP) is 21.2. The Balaban J connectivity index is 0.868. The summed E-state index contributed by atoms with van der Waals surface area (Å²) in [6.07, 6.45) is 0. The van der Waals surface area contributed by atoms with E-state index in [1.165, 1.54) is 165 Å². The van der Waals surface area contributed by atoms with Gasteiger partial charge in [0, 0.05) is 49.4 Å². The molecule has 0 bridgehead atoms. The number of aromatic nitrogens is 3. The Kier molecular flexibility index (Phi) is 10.5. The fourth-order valence-corrected chi connectivity index (χ4v) is 13.9. The molecule has 13 aromatic carbocycles. The molecule has 0 radical (unpaired) electrons. The van der Waals surface area contributed by atoms with Gasteiger partial charge in [-0.3, -0.25) is 0 Å². The number of hydrogen-bond donors (Lipinski definition) is 0. The van der Waals surface area contributed by atoms with E-state index in [4.69, 9.17) is 0 Å². The third kappa shape index (κ3) is 7.01. The van der Waals surface area contributed by atoms with Gasteiger partial charge in [-0.25, -0.2) is 0 Å². The van der Waals surface area contributed by atoms with Crippen molar-refractivity contribution < 1.29 is 0 Å². The molecule has 0 unspecified atom stereocenters. The monoisotopic (exact) mass is 1030 g/mol. The summed E-state index contributed by atoms with van der Waals surface area (Å²) in [5, 5.41) is 12.6. The molecule has 3 heteroatoms. The van der Waals surface area contributed by atoms with Crippen LogP contribution in [0.1, 0.15) is 22.3 Å². The first kappa shape index (κ1) is 46.8. The molecule has 0 N–H and O–H groups in total. The molecule has 3 heterocycles. The Hall–Kier alpha value is -10.2. The maximum atomic E-state index is 2.48. The molecular formula is C78H55N3. The fourth-order valence-electron chi connectivity index (χ4n) is 13.9. The zero-order valence-corrected chi connectivity index (χ0v) is 45.7. The molecule has 382 valence electrons. The summed E-state index contributed by atoms with van der Waals surface area (Å²) in [6, 6.07) is 96.8. The molecule has 0 saturated carbocycles. The Morgan fingerprint density at radius 1 is 0.210 bits per heavy atom. The molecule has 0 fully saturated rings. The molecule has 3 aromatic heterocycles. The van der Waals surface area contributed by atoms with Crippen molar-refractivity contribution in [3.8, 4) is 61.6 Å². The highest BCUT2D eigenvalue weighted by Crippen LogP contribution is 2.46. The average molecular weight is 1030 g/mol. The highest BCUT2D eigenvalue weighted by Gasteiger charge is 2.22. The van der Waals surface area contributed by atoms with E-state index in [0.29, 0.717) is 0 Å². The van der Waals surface area contributed by atoms with Gasteiger partial charge >= 0.3 is 0 Å². The van der Waals surface area contributed by atoms with Crippen LogP contribution in [0.3, 0.4) is 0 Å². The number of nitrogens with zero attached hydrogens (tertiary/aromatic N) is 3. The first-order valence-electron chi connectivity index (χ1n) is 28.3. The second-order valence-electron chi connectivity index (χ2n) is 22.1. The third-order valence-corrected chi connectivity index (χ3v) is 18.0. The van der Waals surface area contributed by atoms with E-state index >= 15 is 0 Å². The molecule has 16 aromatic rings. The summed E-state index contributed by atoms with van der Waals surface area (Å²) in [5.41, 5.74) is 25.7. The Bertz CT molecular complexity index is 4870. The van der Waals surface area contributed by atoms with Crippen LogP contribution in [-0.4, -0.2) is 13.7 Å². The zero-order valence-electron chi connectivity index (χ0n) is 45.7. The smallest absolute Gasteiger partial charge is 0.0541 e. The number of hydrogen-bond acceptors (Lipinski definition) is 0. The van der Waals surface area contributed by atoms with E-state index in [1.807, 2.05) is 0 Å². The van der Waals surface area contributed by atoms with E-state index in [9.17, 15) is 0 Å². The number of fused-ring (bicyclic) bond motifs is 11. The molecule has 0 aliphatic rings. The van der Waals surface area contributed by atoms with Gasteiger partial charge in [-0.1, -0.05) is 188 Å². The van der Waals surface area contributed by atoms with Crippen molar-refractivity contribution in [3.05, 3.63) is 283 Å². The topological polar surface area (TPSA) is 14.8 Å². The first-order chi connectivity index (χ1) is 39.9. The highest BCUT2D eigenvalue weighted by atomic mass is 15.0. The van der Waals surface area contributed by atoms with Gasteiger partial charge in [-0.05, 0) is 189 Å². The number of para-hydroxylation sites is 4. The van der Waals surface area contributed by atoms with Crippen LogP contribution in [0, 0.1) is 27.7 Å². The molecule has 0 aliphatic heterocycles. The summed E-state index contributed by atoms with van der Waals surface area (Å²) in [7, 11) is 0. The minimum absolute atomic E-state index is 1.12. The molecular weight excluding hydrogens is 979 g/mol. The lowest BCUT2D eigenvalue weighted by Crippen LogP contribution is -2.00. The summed E-state index contributed by atoms with van der Waals surface area (Å²) < 4.78 is 7.37. The summed E-state index contributed by atoms with van der Waals surface area (Å²) in [5.74, 6) is 0. The maximum Gasteiger partial charge on any atom is 0.0541 e. The van der Waals surface area contributed by atoms with Crippen LogP contribution in [0.5, 0.6) is 0 Å². The van der Waals surface area contributed by atoms with Crippen molar-refractivity contribution in [3.63, 3.8) is 0 Å². The van der Waals surface area contributed by atoms with Gasteiger partial charge in [0.05, 0.1) is 33.1 Å². The normalized spacial score (nSPS) is 12.0. The van der Waals surface area contributed by atoms with Crippen LogP contribution in [-0.2, 0) is 0 Å². The SMILES string of the molecule is Cc1c(-c2ccc3c(c2)c2cc(-c4ccc(-n5c6ccccc6c6ccccc65)c(C)c4C)ccc2n3-c2ccc(-c3c4ccccc4c(-c4ccccc4)c4ccccc34)cc2)ccc(-n2c3ccccc3c3ccccc32)c1C. The van der Waals surface area contributed by atoms with Crippen LogP contribution in [0.15, 0.2) is 261 Å². The van der Waals surface area contributed by atoms with Gasteiger partial charge in [-0.2, -0.15) is 0 Å². The number of benzene rings is 13. The van der Waals surface area contributed by atoms with Crippen molar-refractivity contribution in [1.82, 2.24) is 13.7 Å². The molecule has 0 aliphatic carbocycles. The number of rotatable bonds is 7. The Labute approximate surface area is 470 Å². The predicted molar refractivity (Wildman–Crippen MR) is 345 cm³/mol. The lowest BCUT2D eigenvalue weighted by Gasteiger charge is -2.18. The van der Waals surface area contributed by atoms with E-state index < -0.39 is 0 Å².